The minimum Gasteiger partial charge on any atom is -0.491 e. The van der Waals surface area contributed by atoms with E-state index < -0.39 is 5.97 Å². The Morgan fingerprint density at radius 2 is 2.00 bits per heavy atom. The lowest BCUT2D eigenvalue weighted by Crippen LogP contribution is -2.06. The highest BCUT2D eigenvalue weighted by atomic mass is 79.9. The summed E-state index contributed by atoms with van der Waals surface area (Å²) in [6.07, 6.45) is 0. The summed E-state index contributed by atoms with van der Waals surface area (Å²) in [5, 5.41) is 0. The van der Waals surface area contributed by atoms with Gasteiger partial charge in [0.2, 0.25) is 0 Å². The first-order chi connectivity index (χ1) is 7.67. The van der Waals surface area contributed by atoms with Gasteiger partial charge in [-0.05, 0) is 18.2 Å². The number of carbonyl (C=O) groups is 1. The summed E-state index contributed by atoms with van der Waals surface area (Å²) in [6.45, 7) is 0.938. The van der Waals surface area contributed by atoms with Crippen LogP contribution in [0.2, 0.25) is 0 Å². The Morgan fingerprint density at radius 3 is 2.62 bits per heavy atom. The van der Waals surface area contributed by atoms with Gasteiger partial charge in [-0.15, -0.1) is 0 Å². The smallest absolute Gasteiger partial charge is 0.338 e. The van der Waals surface area contributed by atoms with Crippen LogP contribution in [0.1, 0.15) is 10.4 Å². The van der Waals surface area contributed by atoms with Gasteiger partial charge in [0.15, 0.2) is 0 Å². The normalized spacial score (nSPS) is 9.94. The fraction of sp³-hybridized carbons (Fsp3) is 0.364. The van der Waals surface area contributed by atoms with Crippen LogP contribution in [0.5, 0.6) is 5.75 Å². The molecule has 0 saturated heterocycles. The molecular formula is C11H13BrO4. The molecule has 0 amide bonds. The maximum absolute atomic E-state index is 11.3. The molecule has 1 aromatic rings. The van der Waals surface area contributed by atoms with Gasteiger partial charge in [-0.2, -0.15) is 0 Å². The zero-order valence-electron chi connectivity index (χ0n) is 9.16. The van der Waals surface area contributed by atoms with Crippen LogP contribution in [0.25, 0.3) is 0 Å². The number of halogens is 1. The van der Waals surface area contributed by atoms with Crippen molar-refractivity contribution in [1.82, 2.24) is 0 Å². The Morgan fingerprint density at radius 1 is 1.25 bits per heavy atom. The van der Waals surface area contributed by atoms with Crippen molar-refractivity contribution in [2.45, 2.75) is 0 Å². The van der Waals surface area contributed by atoms with Crippen molar-refractivity contribution in [3.63, 3.8) is 0 Å². The van der Waals surface area contributed by atoms with Gasteiger partial charge in [0.25, 0.3) is 0 Å². The first kappa shape index (κ1) is 13.0. The highest BCUT2D eigenvalue weighted by molar-refractivity contribution is 9.10. The quantitative estimate of drug-likeness (QED) is 0.616. The second-order valence-corrected chi connectivity index (χ2v) is 3.92. The molecule has 1 aromatic carbocycles. The van der Waals surface area contributed by atoms with Gasteiger partial charge in [0, 0.05) is 11.6 Å². The third-order valence-corrected chi connectivity index (χ3v) is 2.31. The first-order valence-electron chi connectivity index (χ1n) is 4.68. The van der Waals surface area contributed by atoms with E-state index in [2.05, 4.69) is 20.7 Å². The number of rotatable bonds is 5. The fourth-order valence-corrected chi connectivity index (χ4v) is 1.60. The van der Waals surface area contributed by atoms with Crippen LogP contribution in [-0.4, -0.2) is 33.4 Å². The van der Waals surface area contributed by atoms with E-state index >= 15 is 0 Å². The van der Waals surface area contributed by atoms with Gasteiger partial charge in [0.05, 0.1) is 19.3 Å². The molecule has 0 aromatic heterocycles. The number of esters is 1. The van der Waals surface area contributed by atoms with E-state index in [1.807, 2.05) is 0 Å². The lowest BCUT2D eigenvalue weighted by atomic mass is 10.2. The molecule has 0 N–H and O–H groups in total. The van der Waals surface area contributed by atoms with Gasteiger partial charge in [-0.1, -0.05) is 15.9 Å². The molecule has 0 fully saturated rings. The van der Waals surface area contributed by atoms with Crippen LogP contribution in [0, 0.1) is 0 Å². The molecule has 88 valence electrons. The van der Waals surface area contributed by atoms with Gasteiger partial charge in [-0.25, -0.2) is 4.79 Å². The molecule has 0 saturated carbocycles. The minimum atomic E-state index is -0.391. The maximum Gasteiger partial charge on any atom is 0.338 e. The van der Waals surface area contributed by atoms with Crippen molar-refractivity contribution < 1.29 is 19.0 Å². The molecule has 0 atom stereocenters. The van der Waals surface area contributed by atoms with Crippen LogP contribution in [0.4, 0.5) is 0 Å². The van der Waals surface area contributed by atoms with Crippen molar-refractivity contribution in [2.24, 2.45) is 0 Å². The molecule has 0 aliphatic rings. The molecule has 5 heteroatoms. The number of benzene rings is 1. The van der Waals surface area contributed by atoms with Crippen LogP contribution in [-0.2, 0) is 9.47 Å². The van der Waals surface area contributed by atoms with Crippen molar-refractivity contribution in [1.29, 1.82) is 0 Å². The predicted molar refractivity (Wildman–Crippen MR) is 62.9 cm³/mol. The van der Waals surface area contributed by atoms with Gasteiger partial charge >= 0.3 is 5.97 Å². The zero-order chi connectivity index (χ0) is 12.0. The van der Waals surface area contributed by atoms with Crippen LogP contribution in [0.15, 0.2) is 22.7 Å². The minimum absolute atomic E-state index is 0.391. The van der Waals surface area contributed by atoms with E-state index in [0.29, 0.717) is 24.5 Å². The Kier molecular flexibility index (Phi) is 5.28. The Labute approximate surface area is 103 Å². The molecule has 0 radical (unpaired) electrons. The topological polar surface area (TPSA) is 44.8 Å². The van der Waals surface area contributed by atoms with E-state index in [9.17, 15) is 4.79 Å². The van der Waals surface area contributed by atoms with Crippen LogP contribution in [0.3, 0.4) is 0 Å². The Bertz CT molecular complexity index is 365. The second kappa shape index (κ2) is 6.50. The Hall–Kier alpha value is -1.07. The first-order valence-corrected chi connectivity index (χ1v) is 5.47. The van der Waals surface area contributed by atoms with Crippen LogP contribution < -0.4 is 4.74 Å². The van der Waals surface area contributed by atoms with E-state index in [-0.39, 0.29) is 0 Å². The standard InChI is InChI=1S/C11H13BrO4/c1-14-3-4-16-10-6-8(11(13)15-2)5-9(12)7-10/h5-7H,3-4H2,1-2H3. The molecule has 0 spiro atoms. The molecule has 0 heterocycles. The number of carbonyl (C=O) groups excluding carboxylic acids is 1. The summed E-state index contributed by atoms with van der Waals surface area (Å²) in [5.74, 6) is 0.213. The molecule has 16 heavy (non-hydrogen) atoms. The van der Waals surface area contributed by atoms with Gasteiger partial charge in [-0.3, -0.25) is 0 Å². The molecule has 0 aliphatic heterocycles. The summed E-state index contributed by atoms with van der Waals surface area (Å²) in [4.78, 5) is 11.3. The molecule has 0 aliphatic carbocycles. The summed E-state index contributed by atoms with van der Waals surface area (Å²) in [7, 11) is 2.94. The lowest BCUT2D eigenvalue weighted by molar-refractivity contribution is 0.0600. The summed E-state index contributed by atoms with van der Waals surface area (Å²) < 4.78 is 15.7. The van der Waals surface area contributed by atoms with E-state index in [4.69, 9.17) is 9.47 Å². The predicted octanol–water partition coefficient (Wildman–Crippen LogP) is 2.26. The second-order valence-electron chi connectivity index (χ2n) is 3.01. The lowest BCUT2D eigenvalue weighted by Gasteiger charge is -2.07. The van der Waals surface area contributed by atoms with Gasteiger partial charge in [0.1, 0.15) is 12.4 Å². The summed E-state index contributed by atoms with van der Waals surface area (Å²) in [6, 6.07) is 5.09. The van der Waals surface area contributed by atoms with E-state index in [1.165, 1.54) is 7.11 Å². The van der Waals surface area contributed by atoms with E-state index in [1.54, 1.807) is 25.3 Å². The number of hydrogen-bond acceptors (Lipinski definition) is 4. The number of ether oxygens (including phenoxy) is 3. The van der Waals surface area contributed by atoms with Crippen molar-refractivity contribution in [2.75, 3.05) is 27.4 Å². The third-order valence-electron chi connectivity index (χ3n) is 1.85. The largest absolute Gasteiger partial charge is 0.491 e. The number of methoxy groups -OCH3 is 2. The molecule has 1 rings (SSSR count). The molecule has 4 nitrogen and oxygen atoms in total. The maximum atomic E-state index is 11.3. The van der Waals surface area contributed by atoms with Gasteiger partial charge < -0.3 is 14.2 Å². The SMILES string of the molecule is COCCOc1cc(Br)cc(C(=O)OC)c1. The average Bonchev–Trinajstić information content (AvgIpc) is 2.27. The highest BCUT2D eigenvalue weighted by Crippen LogP contribution is 2.22. The number of hydrogen-bond donors (Lipinski definition) is 0. The Balaban J connectivity index is 2.77. The highest BCUT2D eigenvalue weighted by Gasteiger charge is 2.08. The summed E-state index contributed by atoms with van der Waals surface area (Å²) in [5.41, 5.74) is 0.448. The fourth-order valence-electron chi connectivity index (χ4n) is 1.12. The monoisotopic (exact) mass is 288 g/mol. The molecule has 0 bridgehead atoms. The van der Waals surface area contributed by atoms with Crippen molar-refractivity contribution in [3.8, 4) is 5.75 Å². The van der Waals surface area contributed by atoms with Crippen molar-refractivity contribution in [3.05, 3.63) is 28.2 Å². The van der Waals surface area contributed by atoms with Crippen LogP contribution >= 0.6 is 15.9 Å². The molecule has 0 unspecified atom stereocenters. The third kappa shape index (κ3) is 3.83. The van der Waals surface area contributed by atoms with E-state index in [0.717, 1.165) is 4.47 Å². The van der Waals surface area contributed by atoms with Crippen molar-refractivity contribution >= 4 is 21.9 Å². The molecular weight excluding hydrogens is 276 g/mol. The zero-order valence-corrected chi connectivity index (χ0v) is 10.7. The summed E-state index contributed by atoms with van der Waals surface area (Å²) >= 11 is 3.30. The average molecular weight is 289 g/mol.